The van der Waals surface area contributed by atoms with Crippen molar-refractivity contribution in [1.82, 2.24) is 0 Å². The van der Waals surface area contributed by atoms with Gasteiger partial charge in [0.15, 0.2) is 0 Å². The van der Waals surface area contributed by atoms with Crippen LogP contribution in [0.1, 0.15) is 15.9 Å². The second-order valence-electron chi connectivity index (χ2n) is 6.14. The fourth-order valence-corrected chi connectivity index (χ4v) is 4.31. The Kier molecular flexibility index (Phi) is 6.12. The van der Waals surface area contributed by atoms with Crippen LogP contribution in [0.2, 0.25) is 10.0 Å². The summed E-state index contributed by atoms with van der Waals surface area (Å²) in [6.07, 6.45) is 0. The van der Waals surface area contributed by atoms with Crippen LogP contribution in [0.25, 0.3) is 0 Å². The molecule has 0 aliphatic rings. The smallest absolute Gasteiger partial charge is 0.262 e. The van der Waals surface area contributed by atoms with Crippen LogP contribution in [0.15, 0.2) is 65.6 Å². The van der Waals surface area contributed by atoms with E-state index >= 15 is 0 Å². The van der Waals surface area contributed by atoms with E-state index in [2.05, 4.69) is 10.0 Å². The summed E-state index contributed by atoms with van der Waals surface area (Å²) in [6.45, 7) is 1.62. The first kappa shape index (κ1) is 21.1. The second kappa shape index (κ2) is 8.41. The molecule has 0 aromatic heterocycles. The molecular weight excluding hydrogens is 438 g/mol. The number of anilines is 2. The quantitative estimate of drug-likeness (QED) is 0.536. The van der Waals surface area contributed by atoms with Crippen LogP contribution in [-0.2, 0) is 10.0 Å². The zero-order chi connectivity index (χ0) is 21.2. The predicted molar refractivity (Wildman–Crippen MR) is 113 cm³/mol. The topological polar surface area (TPSA) is 75.3 Å². The molecule has 0 radical (unpaired) electrons. The van der Waals surface area contributed by atoms with Crippen LogP contribution in [0.4, 0.5) is 15.8 Å². The lowest BCUT2D eigenvalue weighted by atomic mass is 10.1. The summed E-state index contributed by atoms with van der Waals surface area (Å²) in [5.41, 5.74) is 0.657. The van der Waals surface area contributed by atoms with Gasteiger partial charge in [0.2, 0.25) is 0 Å². The Balaban J connectivity index is 1.89. The summed E-state index contributed by atoms with van der Waals surface area (Å²) < 4.78 is 42.0. The summed E-state index contributed by atoms with van der Waals surface area (Å²) in [5, 5.41) is 2.90. The number of benzene rings is 3. The number of carbonyl (C=O) groups is 1. The second-order valence-corrected chi connectivity index (χ2v) is 8.64. The van der Waals surface area contributed by atoms with Gasteiger partial charge < -0.3 is 5.32 Å². The number of hydrogen-bond acceptors (Lipinski definition) is 3. The zero-order valence-electron chi connectivity index (χ0n) is 15.0. The van der Waals surface area contributed by atoms with Crippen molar-refractivity contribution >= 4 is 50.5 Å². The molecule has 0 aliphatic heterocycles. The van der Waals surface area contributed by atoms with Gasteiger partial charge in [0.05, 0.1) is 15.5 Å². The normalized spacial score (nSPS) is 11.2. The average Bonchev–Trinajstić information content (AvgIpc) is 2.65. The fourth-order valence-electron chi connectivity index (χ4n) is 2.60. The minimum atomic E-state index is -3.94. The maximum atomic E-state index is 13.9. The zero-order valence-corrected chi connectivity index (χ0v) is 17.4. The number of amides is 1. The molecule has 3 rings (SSSR count). The number of carbonyl (C=O) groups excluding carboxylic acids is 1. The van der Waals surface area contributed by atoms with Gasteiger partial charge in [0.25, 0.3) is 15.9 Å². The third-order valence-corrected chi connectivity index (χ3v) is 6.11. The van der Waals surface area contributed by atoms with E-state index in [0.29, 0.717) is 16.3 Å². The van der Waals surface area contributed by atoms with E-state index in [1.165, 1.54) is 42.5 Å². The molecule has 0 saturated heterocycles. The fraction of sp³-hybridized carbons (Fsp3) is 0.0500. The van der Waals surface area contributed by atoms with E-state index < -0.39 is 21.7 Å². The van der Waals surface area contributed by atoms with E-state index in [0.717, 1.165) is 6.07 Å². The Hall–Kier alpha value is -2.61. The number of nitrogens with one attached hydrogen (secondary N) is 2. The highest BCUT2D eigenvalue weighted by molar-refractivity contribution is 7.92. The molecule has 1 amide bonds. The minimum absolute atomic E-state index is 0.0371. The third kappa shape index (κ3) is 4.87. The molecule has 2 N–H and O–H groups in total. The van der Waals surface area contributed by atoms with Gasteiger partial charge in [-0.15, -0.1) is 0 Å². The van der Waals surface area contributed by atoms with Gasteiger partial charge in [0, 0.05) is 16.4 Å². The predicted octanol–water partition coefficient (Wildman–Crippen LogP) is 5.49. The Morgan fingerprint density at radius 3 is 2.28 bits per heavy atom. The molecule has 9 heteroatoms. The Bertz CT molecular complexity index is 1160. The molecule has 0 heterocycles. The van der Waals surface area contributed by atoms with E-state index in [9.17, 15) is 17.6 Å². The van der Waals surface area contributed by atoms with E-state index in [-0.39, 0.29) is 21.2 Å². The molecule has 29 heavy (non-hydrogen) atoms. The number of hydrogen-bond donors (Lipinski definition) is 2. The number of halogens is 3. The molecule has 150 valence electrons. The molecule has 0 bridgehead atoms. The Labute approximate surface area is 177 Å². The molecule has 0 fully saturated rings. The molecule has 3 aromatic rings. The van der Waals surface area contributed by atoms with Crippen molar-refractivity contribution in [2.75, 3.05) is 10.0 Å². The molecular formula is C20H15Cl2FN2O3S. The molecule has 0 aliphatic carbocycles. The van der Waals surface area contributed by atoms with Gasteiger partial charge in [-0.2, -0.15) is 0 Å². The van der Waals surface area contributed by atoms with Crippen molar-refractivity contribution in [2.45, 2.75) is 11.8 Å². The highest BCUT2D eigenvalue weighted by Crippen LogP contribution is 2.25. The van der Waals surface area contributed by atoms with Gasteiger partial charge >= 0.3 is 0 Å². The van der Waals surface area contributed by atoms with Crippen molar-refractivity contribution in [3.63, 3.8) is 0 Å². The Morgan fingerprint density at radius 2 is 1.62 bits per heavy atom. The van der Waals surface area contributed by atoms with Crippen LogP contribution in [0.3, 0.4) is 0 Å². The molecule has 5 nitrogen and oxygen atoms in total. The molecule has 0 atom stereocenters. The number of aryl methyl sites for hydroxylation is 1. The van der Waals surface area contributed by atoms with E-state index in [1.807, 2.05) is 0 Å². The van der Waals surface area contributed by atoms with Crippen molar-refractivity contribution in [2.24, 2.45) is 0 Å². The highest BCUT2D eigenvalue weighted by Gasteiger charge is 2.20. The number of sulfonamides is 1. The lowest BCUT2D eigenvalue weighted by Gasteiger charge is -2.13. The lowest BCUT2D eigenvalue weighted by Crippen LogP contribution is -2.17. The van der Waals surface area contributed by atoms with Crippen LogP contribution in [0, 0.1) is 12.7 Å². The summed E-state index contributed by atoms with van der Waals surface area (Å²) >= 11 is 11.7. The SMILES string of the molecule is Cc1ccc(NC(=O)c2c(F)cccc2Cl)cc1S(=O)(=O)Nc1ccc(Cl)cc1. The van der Waals surface area contributed by atoms with Gasteiger partial charge in [-0.1, -0.05) is 35.3 Å². The molecule has 0 spiro atoms. The van der Waals surface area contributed by atoms with Gasteiger partial charge in [0.1, 0.15) is 5.82 Å². The van der Waals surface area contributed by atoms with E-state index in [4.69, 9.17) is 23.2 Å². The Morgan fingerprint density at radius 1 is 0.966 bits per heavy atom. The van der Waals surface area contributed by atoms with Crippen LogP contribution < -0.4 is 10.0 Å². The van der Waals surface area contributed by atoms with Crippen molar-refractivity contribution in [1.29, 1.82) is 0 Å². The maximum Gasteiger partial charge on any atom is 0.262 e. The molecule has 0 unspecified atom stereocenters. The summed E-state index contributed by atoms with van der Waals surface area (Å²) in [5.74, 6) is -1.56. The van der Waals surface area contributed by atoms with Crippen molar-refractivity contribution in [3.05, 3.63) is 87.7 Å². The van der Waals surface area contributed by atoms with Gasteiger partial charge in [-0.25, -0.2) is 12.8 Å². The standard InChI is InChI=1S/C20H15Cl2FN2O3S/c1-12-5-8-15(24-20(26)19-16(22)3-2-4-17(19)23)11-18(12)29(27,28)25-14-9-6-13(21)7-10-14/h2-11,25H,1H3,(H,24,26). The molecule has 0 saturated carbocycles. The third-order valence-electron chi connectivity index (χ3n) is 4.02. The number of rotatable bonds is 5. The van der Waals surface area contributed by atoms with Crippen LogP contribution in [0.5, 0.6) is 0 Å². The maximum absolute atomic E-state index is 13.9. The van der Waals surface area contributed by atoms with Crippen molar-refractivity contribution in [3.8, 4) is 0 Å². The van der Waals surface area contributed by atoms with Gasteiger partial charge in [-0.3, -0.25) is 9.52 Å². The van der Waals surface area contributed by atoms with Crippen molar-refractivity contribution < 1.29 is 17.6 Å². The first-order valence-electron chi connectivity index (χ1n) is 8.32. The highest BCUT2D eigenvalue weighted by atomic mass is 35.5. The monoisotopic (exact) mass is 452 g/mol. The molecule has 3 aromatic carbocycles. The lowest BCUT2D eigenvalue weighted by molar-refractivity contribution is 0.102. The first-order chi connectivity index (χ1) is 13.7. The summed E-state index contributed by atoms with van der Waals surface area (Å²) in [6, 6.07) is 14.4. The summed E-state index contributed by atoms with van der Waals surface area (Å²) in [4.78, 5) is 12.4. The van der Waals surface area contributed by atoms with Crippen LogP contribution in [-0.4, -0.2) is 14.3 Å². The summed E-state index contributed by atoms with van der Waals surface area (Å²) in [7, 11) is -3.94. The van der Waals surface area contributed by atoms with E-state index in [1.54, 1.807) is 19.1 Å². The van der Waals surface area contributed by atoms with Gasteiger partial charge in [-0.05, 0) is 61.0 Å². The van der Waals surface area contributed by atoms with Crippen LogP contribution >= 0.6 is 23.2 Å². The first-order valence-corrected chi connectivity index (χ1v) is 10.6. The minimum Gasteiger partial charge on any atom is -0.322 e. The largest absolute Gasteiger partial charge is 0.322 e. The average molecular weight is 453 g/mol.